The average molecular weight is 235 g/mol. The molecule has 17 heavy (non-hydrogen) atoms. The first-order valence-electron chi connectivity index (χ1n) is 6.74. The van der Waals surface area contributed by atoms with Crippen molar-refractivity contribution in [1.29, 1.82) is 0 Å². The first-order chi connectivity index (χ1) is 8.43. The number of rotatable bonds is 3. The maximum Gasteiger partial charge on any atom is 0.0948 e. The highest BCUT2D eigenvalue weighted by molar-refractivity contribution is 5.07. The van der Waals surface area contributed by atoms with Crippen LogP contribution < -0.4 is 5.32 Å². The van der Waals surface area contributed by atoms with Gasteiger partial charge in [-0.3, -0.25) is 0 Å². The minimum absolute atomic E-state index is 0.516. The third-order valence-electron chi connectivity index (χ3n) is 3.87. The quantitative estimate of drug-likeness (QED) is 0.867. The zero-order chi connectivity index (χ0) is 11.5. The average Bonchev–Trinajstić information content (AvgIpc) is 3.00. The summed E-state index contributed by atoms with van der Waals surface area (Å²) >= 11 is 0. The van der Waals surface area contributed by atoms with Crippen molar-refractivity contribution >= 4 is 0 Å². The molecule has 0 bridgehead atoms. The fourth-order valence-corrected chi connectivity index (χ4v) is 2.94. The molecule has 0 amide bonds. The molecule has 2 saturated heterocycles. The van der Waals surface area contributed by atoms with Gasteiger partial charge in [0.2, 0.25) is 0 Å². The SMILES string of the molecule is c1ncn(CC2CCCOC2)c1C1CCCN1. The van der Waals surface area contributed by atoms with Crippen LogP contribution in [0.5, 0.6) is 0 Å². The van der Waals surface area contributed by atoms with Crippen molar-refractivity contribution < 1.29 is 4.74 Å². The van der Waals surface area contributed by atoms with Gasteiger partial charge in [-0.25, -0.2) is 4.98 Å². The van der Waals surface area contributed by atoms with Crippen LogP contribution >= 0.6 is 0 Å². The Bertz CT molecular complexity index is 351. The summed E-state index contributed by atoms with van der Waals surface area (Å²) in [6.45, 7) is 4.06. The van der Waals surface area contributed by atoms with E-state index in [0.29, 0.717) is 12.0 Å². The van der Waals surface area contributed by atoms with Gasteiger partial charge < -0.3 is 14.6 Å². The molecule has 0 spiro atoms. The molecule has 0 aromatic carbocycles. The lowest BCUT2D eigenvalue weighted by Gasteiger charge is -2.24. The van der Waals surface area contributed by atoms with E-state index in [4.69, 9.17) is 4.74 Å². The highest BCUT2D eigenvalue weighted by atomic mass is 16.5. The van der Waals surface area contributed by atoms with Crippen molar-refractivity contribution in [2.75, 3.05) is 19.8 Å². The molecule has 3 heterocycles. The van der Waals surface area contributed by atoms with E-state index in [1.807, 2.05) is 12.5 Å². The zero-order valence-electron chi connectivity index (χ0n) is 10.3. The highest BCUT2D eigenvalue weighted by Crippen LogP contribution is 2.24. The molecule has 0 saturated carbocycles. The van der Waals surface area contributed by atoms with Gasteiger partial charge in [-0.05, 0) is 32.2 Å². The Morgan fingerprint density at radius 2 is 2.41 bits per heavy atom. The minimum atomic E-state index is 0.516. The lowest BCUT2D eigenvalue weighted by molar-refractivity contribution is 0.0479. The third kappa shape index (κ3) is 2.53. The van der Waals surface area contributed by atoms with Crippen LogP contribution in [0.25, 0.3) is 0 Å². The standard InChI is InChI=1S/C13H21N3O/c1-4-12(15-5-1)13-7-14-10-16(13)8-11-3-2-6-17-9-11/h7,10-12,15H,1-6,8-9H2. The number of nitrogens with zero attached hydrogens (tertiary/aromatic N) is 2. The van der Waals surface area contributed by atoms with Crippen LogP contribution in [0.1, 0.15) is 37.4 Å². The van der Waals surface area contributed by atoms with Crippen LogP contribution in [0.3, 0.4) is 0 Å². The number of ether oxygens (including phenoxy) is 1. The van der Waals surface area contributed by atoms with E-state index in [1.165, 1.54) is 31.4 Å². The topological polar surface area (TPSA) is 39.1 Å². The van der Waals surface area contributed by atoms with Gasteiger partial charge in [-0.15, -0.1) is 0 Å². The summed E-state index contributed by atoms with van der Waals surface area (Å²) in [5.41, 5.74) is 1.35. The summed E-state index contributed by atoms with van der Waals surface area (Å²) in [4.78, 5) is 4.31. The Hall–Kier alpha value is -0.870. The number of imidazole rings is 1. The summed E-state index contributed by atoms with van der Waals surface area (Å²) in [5, 5.41) is 3.54. The molecular weight excluding hydrogens is 214 g/mol. The van der Waals surface area contributed by atoms with Crippen molar-refractivity contribution in [2.45, 2.75) is 38.3 Å². The summed E-state index contributed by atoms with van der Waals surface area (Å²) in [7, 11) is 0. The molecule has 2 aliphatic rings. The molecule has 1 N–H and O–H groups in total. The van der Waals surface area contributed by atoms with Gasteiger partial charge in [0, 0.05) is 31.3 Å². The first kappa shape index (κ1) is 11.2. The Morgan fingerprint density at radius 3 is 3.18 bits per heavy atom. The molecule has 2 unspecified atom stereocenters. The predicted octanol–water partition coefficient (Wildman–Crippen LogP) is 1.73. The lowest BCUT2D eigenvalue weighted by atomic mass is 10.0. The first-order valence-corrected chi connectivity index (χ1v) is 6.74. The Kier molecular flexibility index (Phi) is 3.43. The molecule has 4 heteroatoms. The lowest BCUT2D eigenvalue weighted by Crippen LogP contribution is -2.24. The Morgan fingerprint density at radius 1 is 1.41 bits per heavy atom. The number of nitrogens with one attached hydrogen (secondary N) is 1. The second-order valence-corrected chi connectivity index (χ2v) is 5.20. The molecule has 0 aliphatic carbocycles. The van der Waals surface area contributed by atoms with Crippen molar-refractivity contribution in [3.05, 3.63) is 18.2 Å². The normalized spacial score (nSPS) is 29.6. The summed E-state index contributed by atoms with van der Waals surface area (Å²) < 4.78 is 7.87. The van der Waals surface area contributed by atoms with Crippen LogP contribution in [-0.2, 0) is 11.3 Å². The monoisotopic (exact) mass is 235 g/mol. The van der Waals surface area contributed by atoms with E-state index < -0.39 is 0 Å². The smallest absolute Gasteiger partial charge is 0.0948 e. The van der Waals surface area contributed by atoms with Gasteiger partial charge in [0.05, 0.1) is 18.6 Å². The maximum atomic E-state index is 5.55. The van der Waals surface area contributed by atoms with Crippen molar-refractivity contribution in [2.24, 2.45) is 5.92 Å². The molecule has 4 nitrogen and oxygen atoms in total. The Labute approximate surface area is 102 Å². The van der Waals surface area contributed by atoms with Crippen LogP contribution in [0, 0.1) is 5.92 Å². The molecule has 94 valence electrons. The molecule has 2 aliphatic heterocycles. The molecule has 2 fully saturated rings. The minimum Gasteiger partial charge on any atom is -0.381 e. The van der Waals surface area contributed by atoms with E-state index in [-0.39, 0.29) is 0 Å². The highest BCUT2D eigenvalue weighted by Gasteiger charge is 2.21. The summed E-state index contributed by atoms with van der Waals surface area (Å²) in [5.74, 6) is 0.665. The second kappa shape index (κ2) is 5.19. The molecule has 1 aromatic heterocycles. The van der Waals surface area contributed by atoms with Crippen molar-refractivity contribution in [3.63, 3.8) is 0 Å². The van der Waals surface area contributed by atoms with E-state index in [1.54, 1.807) is 0 Å². The van der Waals surface area contributed by atoms with Crippen molar-refractivity contribution in [3.8, 4) is 0 Å². The molecule has 3 rings (SSSR count). The number of hydrogen-bond acceptors (Lipinski definition) is 3. The van der Waals surface area contributed by atoms with Gasteiger partial charge in [-0.1, -0.05) is 0 Å². The largest absolute Gasteiger partial charge is 0.381 e. The molecule has 2 atom stereocenters. The third-order valence-corrected chi connectivity index (χ3v) is 3.87. The van der Waals surface area contributed by atoms with Crippen LogP contribution in [-0.4, -0.2) is 29.3 Å². The second-order valence-electron chi connectivity index (χ2n) is 5.20. The number of aromatic nitrogens is 2. The van der Waals surface area contributed by atoms with Gasteiger partial charge >= 0.3 is 0 Å². The van der Waals surface area contributed by atoms with E-state index >= 15 is 0 Å². The van der Waals surface area contributed by atoms with E-state index in [2.05, 4.69) is 14.9 Å². The van der Waals surface area contributed by atoms with Crippen molar-refractivity contribution in [1.82, 2.24) is 14.9 Å². The van der Waals surface area contributed by atoms with Gasteiger partial charge in [-0.2, -0.15) is 0 Å². The molecular formula is C13H21N3O. The molecule has 0 radical (unpaired) electrons. The van der Waals surface area contributed by atoms with E-state index in [9.17, 15) is 0 Å². The summed E-state index contributed by atoms with van der Waals surface area (Å²) in [6, 6.07) is 0.516. The van der Waals surface area contributed by atoms with E-state index in [0.717, 1.165) is 26.3 Å². The zero-order valence-corrected chi connectivity index (χ0v) is 10.3. The maximum absolute atomic E-state index is 5.55. The van der Waals surface area contributed by atoms with Crippen LogP contribution in [0.15, 0.2) is 12.5 Å². The van der Waals surface area contributed by atoms with Gasteiger partial charge in [0.1, 0.15) is 0 Å². The predicted molar refractivity (Wildman–Crippen MR) is 65.7 cm³/mol. The van der Waals surface area contributed by atoms with Crippen LogP contribution in [0.4, 0.5) is 0 Å². The van der Waals surface area contributed by atoms with Crippen LogP contribution in [0.2, 0.25) is 0 Å². The fourth-order valence-electron chi connectivity index (χ4n) is 2.94. The van der Waals surface area contributed by atoms with Gasteiger partial charge in [0.25, 0.3) is 0 Å². The summed E-state index contributed by atoms with van der Waals surface area (Å²) in [6.07, 6.45) is 9.01. The molecule has 1 aromatic rings. The number of hydrogen-bond donors (Lipinski definition) is 1. The fraction of sp³-hybridized carbons (Fsp3) is 0.769. The van der Waals surface area contributed by atoms with Gasteiger partial charge in [0.15, 0.2) is 0 Å². The Balaban J connectivity index is 1.67.